The van der Waals surface area contributed by atoms with Crippen molar-refractivity contribution in [2.45, 2.75) is 26.4 Å². The number of nitrogens with one attached hydrogen (secondary N) is 1. The highest BCUT2D eigenvalue weighted by Gasteiger charge is 2.08. The highest BCUT2D eigenvalue weighted by Crippen LogP contribution is 2.18. The van der Waals surface area contributed by atoms with Gasteiger partial charge in [0.25, 0.3) is 0 Å². The number of nitrogens with zero attached hydrogens (tertiary/aromatic N) is 2. The molecule has 0 aliphatic heterocycles. The summed E-state index contributed by atoms with van der Waals surface area (Å²) in [5.74, 6) is 0.972. The Kier molecular flexibility index (Phi) is 4.22. The van der Waals surface area contributed by atoms with Gasteiger partial charge >= 0.3 is 0 Å². The van der Waals surface area contributed by atoms with E-state index in [9.17, 15) is 0 Å². The van der Waals surface area contributed by atoms with Gasteiger partial charge in [0.05, 0.1) is 23.8 Å². The molecule has 0 bridgehead atoms. The largest absolute Gasteiger partial charge is 0.469 e. The molecule has 2 aromatic heterocycles. The van der Waals surface area contributed by atoms with Crippen LogP contribution in [0.1, 0.15) is 30.0 Å². The van der Waals surface area contributed by atoms with Crippen LogP contribution in [0.25, 0.3) is 0 Å². The lowest BCUT2D eigenvalue weighted by molar-refractivity contribution is 0.529. The van der Waals surface area contributed by atoms with E-state index < -0.39 is 0 Å². The van der Waals surface area contributed by atoms with E-state index in [-0.39, 0.29) is 6.04 Å². The first-order chi connectivity index (χ1) is 9.11. The molecule has 0 aromatic carbocycles. The highest BCUT2D eigenvalue weighted by molar-refractivity contribution is 5.44. The molecule has 2 heterocycles. The molecule has 19 heavy (non-hydrogen) atoms. The van der Waals surface area contributed by atoms with Gasteiger partial charge in [-0.15, -0.1) is 0 Å². The van der Waals surface area contributed by atoms with Crippen LogP contribution in [0.5, 0.6) is 0 Å². The van der Waals surface area contributed by atoms with E-state index in [4.69, 9.17) is 4.42 Å². The second-order valence-corrected chi connectivity index (χ2v) is 4.81. The number of furan rings is 1. The summed E-state index contributed by atoms with van der Waals surface area (Å²) in [4.78, 5) is 6.66. The SMILES string of the molecule is CNC(C)c1ccc(N(C)Cc2ccoc2C)cn1. The van der Waals surface area contributed by atoms with Crippen LogP contribution in [0.2, 0.25) is 0 Å². The Balaban J connectivity index is 2.07. The monoisotopic (exact) mass is 259 g/mol. The smallest absolute Gasteiger partial charge is 0.105 e. The molecule has 4 heteroatoms. The van der Waals surface area contributed by atoms with Gasteiger partial charge in [-0.25, -0.2) is 0 Å². The molecule has 4 nitrogen and oxygen atoms in total. The van der Waals surface area contributed by atoms with Crippen LogP contribution in [-0.4, -0.2) is 19.1 Å². The fourth-order valence-corrected chi connectivity index (χ4v) is 1.95. The Hall–Kier alpha value is -1.81. The van der Waals surface area contributed by atoms with Crippen LogP contribution < -0.4 is 10.2 Å². The minimum Gasteiger partial charge on any atom is -0.469 e. The highest BCUT2D eigenvalue weighted by atomic mass is 16.3. The van der Waals surface area contributed by atoms with Crippen molar-refractivity contribution in [3.05, 3.63) is 47.7 Å². The first kappa shape index (κ1) is 13.6. The molecular weight excluding hydrogens is 238 g/mol. The fraction of sp³-hybridized carbons (Fsp3) is 0.400. The van der Waals surface area contributed by atoms with Gasteiger partial charge in [0.2, 0.25) is 0 Å². The van der Waals surface area contributed by atoms with Gasteiger partial charge in [-0.05, 0) is 39.1 Å². The maximum absolute atomic E-state index is 5.32. The summed E-state index contributed by atoms with van der Waals surface area (Å²) in [6.45, 7) is 4.91. The second kappa shape index (κ2) is 5.89. The molecule has 0 saturated heterocycles. The standard InChI is InChI=1S/C15H21N3O/c1-11(16-3)15-6-5-14(9-17-15)18(4)10-13-7-8-19-12(13)2/h5-9,11,16H,10H2,1-4H3. The molecule has 1 unspecified atom stereocenters. The first-order valence-electron chi connectivity index (χ1n) is 6.49. The van der Waals surface area contributed by atoms with E-state index in [1.54, 1.807) is 6.26 Å². The van der Waals surface area contributed by atoms with Crippen LogP contribution in [0, 0.1) is 6.92 Å². The van der Waals surface area contributed by atoms with Crippen LogP contribution in [-0.2, 0) is 6.54 Å². The fourth-order valence-electron chi connectivity index (χ4n) is 1.95. The molecule has 0 aliphatic rings. The minimum atomic E-state index is 0.274. The normalized spacial score (nSPS) is 12.4. The van der Waals surface area contributed by atoms with Crippen molar-refractivity contribution < 1.29 is 4.42 Å². The second-order valence-electron chi connectivity index (χ2n) is 4.81. The molecule has 0 amide bonds. The molecule has 2 aromatic rings. The predicted molar refractivity (Wildman–Crippen MR) is 77.3 cm³/mol. The Labute approximate surface area is 114 Å². The molecule has 1 atom stereocenters. The van der Waals surface area contributed by atoms with Crippen LogP contribution >= 0.6 is 0 Å². The average Bonchev–Trinajstić information content (AvgIpc) is 2.83. The number of pyridine rings is 1. The molecule has 0 radical (unpaired) electrons. The van der Waals surface area contributed by atoms with E-state index in [2.05, 4.69) is 41.3 Å². The van der Waals surface area contributed by atoms with Crippen molar-refractivity contribution in [2.75, 3.05) is 19.0 Å². The lowest BCUT2D eigenvalue weighted by atomic mass is 10.2. The summed E-state index contributed by atoms with van der Waals surface area (Å²) < 4.78 is 5.32. The summed E-state index contributed by atoms with van der Waals surface area (Å²) >= 11 is 0. The average molecular weight is 259 g/mol. The molecular formula is C15H21N3O. The van der Waals surface area contributed by atoms with E-state index in [1.807, 2.05) is 26.2 Å². The number of anilines is 1. The Morgan fingerprint density at radius 1 is 1.37 bits per heavy atom. The van der Waals surface area contributed by atoms with Crippen molar-refractivity contribution in [3.8, 4) is 0 Å². The van der Waals surface area contributed by atoms with Gasteiger partial charge in [-0.2, -0.15) is 0 Å². The van der Waals surface area contributed by atoms with E-state index in [0.717, 1.165) is 23.7 Å². The first-order valence-corrected chi connectivity index (χ1v) is 6.49. The molecule has 0 fully saturated rings. The third-order valence-corrected chi connectivity index (χ3v) is 3.46. The summed E-state index contributed by atoms with van der Waals surface area (Å²) in [6.07, 6.45) is 3.65. The number of aryl methyl sites for hydroxylation is 1. The van der Waals surface area contributed by atoms with Crippen LogP contribution in [0.4, 0.5) is 5.69 Å². The topological polar surface area (TPSA) is 41.3 Å². The Morgan fingerprint density at radius 3 is 2.68 bits per heavy atom. The van der Waals surface area contributed by atoms with Gasteiger partial charge in [-0.3, -0.25) is 4.98 Å². The maximum Gasteiger partial charge on any atom is 0.105 e. The predicted octanol–water partition coefficient (Wildman–Crippen LogP) is 2.90. The molecule has 0 saturated carbocycles. The van der Waals surface area contributed by atoms with Gasteiger partial charge < -0.3 is 14.6 Å². The van der Waals surface area contributed by atoms with E-state index in [0.29, 0.717) is 0 Å². The zero-order chi connectivity index (χ0) is 13.8. The summed E-state index contributed by atoms with van der Waals surface area (Å²) in [7, 11) is 4.00. The number of hydrogen-bond donors (Lipinski definition) is 1. The van der Waals surface area contributed by atoms with Gasteiger partial charge in [0, 0.05) is 25.2 Å². The van der Waals surface area contributed by atoms with E-state index in [1.165, 1.54) is 5.56 Å². The van der Waals surface area contributed by atoms with Crippen LogP contribution in [0.15, 0.2) is 35.1 Å². The van der Waals surface area contributed by atoms with Crippen LogP contribution in [0.3, 0.4) is 0 Å². The van der Waals surface area contributed by atoms with E-state index >= 15 is 0 Å². The van der Waals surface area contributed by atoms with Crippen molar-refractivity contribution in [1.82, 2.24) is 10.3 Å². The molecule has 2 rings (SSSR count). The third kappa shape index (κ3) is 3.15. The van der Waals surface area contributed by atoms with Gasteiger partial charge in [0.1, 0.15) is 5.76 Å². The molecule has 0 spiro atoms. The summed E-state index contributed by atoms with van der Waals surface area (Å²) in [5.41, 5.74) is 3.36. The third-order valence-electron chi connectivity index (χ3n) is 3.46. The maximum atomic E-state index is 5.32. The summed E-state index contributed by atoms with van der Waals surface area (Å²) in [6, 6.07) is 6.45. The lowest BCUT2D eigenvalue weighted by Gasteiger charge is -2.19. The Bertz CT molecular complexity index is 518. The zero-order valence-electron chi connectivity index (χ0n) is 12.0. The van der Waals surface area contributed by atoms with Gasteiger partial charge in [0.15, 0.2) is 0 Å². The summed E-state index contributed by atoms with van der Waals surface area (Å²) in [5, 5.41) is 3.19. The molecule has 102 valence electrons. The minimum absolute atomic E-state index is 0.274. The Morgan fingerprint density at radius 2 is 2.16 bits per heavy atom. The zero-order valence-corrected chi connectivity index (χ0v) is 12.0. The van der Waals surface area contributed by atoms with Crippen molar-refractivity contribution in [2.24, 2.45) is 0 Å². The van der Waals surface area contributed by atoms with Crippen molar-refractivity contribution in [3.63, 3.8) is 0 Å². The van der Waals surface area contributed by atoms with Gasteiger partial charge in [-0.1, -0.05) is 0 Å². The molecule has 1 N–H and O–H groups in total. The van der Waals surface area contributed by atoms with Crippen molar-refractivity contribution >= 4 is 5.69 Å². The molecule has 0 aliphatic carbocycles. The quantitative estimate of drug-likeness (QED) is 0.896. The number of hydrogen-bond acceptors (Lipinski definition) is 4. The number of rotatable bonds is 5. The van der Waals surface area contributed by atoms with Crippen molar-refractivity contribution in [1.29, 1.82) is 0 Å². The lowest BCUT2D eigenvalue weighted by Crippen LogP contribution is -2.18. The number of aromatic nitrogens is 1.